The molecule has 0 aromatic heterocycles. The second kappa shape index (κ2) is 47.8. The van der Waals surface area contributed by atoms with Crippen molar-refractivity contribution in [3.05, 3.63) is 176 Å². The molecule has 2 atom stereocenters. The summed E-state index contributed by atoms with van der Waals surface area (Å²) >= 11 is 0. The Labute approximate surface area is 649 Å². The normalized spacial score (nSPS) is 19.5. The van der Waals surface area contributed by atoms with Gasteiger partial charge in [-0.3, -0.25) is 0 Å². The van der Waals surface area contributed by atoms with Crippen LogP contribution in [0, 0.1) is 89.8 Å². The highest BCUT2D eigenvalue weighted by molar-refractivity contribution is 5.39. The van der Waals surface area contributed by atoms with Crippen LogP contribution in [0.2, 0.25) is 0 Å². The fraction of sp³-hybridized carbons (Fsp3) is 0.709. The molecule has 0 aliphatic heterocycles. The highest BCUT2D eigenvalue weighted by Gasteiger charge is 2.43. The van der Waals surface area contributed by atoms with Crippen LogP contribution in [-0.4, -0.2) is 0 Å². The lowest BCUT2D eigenvalue weighted by atomic mass is 9.55. The zero-order chi connectivity index (χ0) is 74.4. The van der Waals surface area contributed by atoms with Gasteiger partial charge in [0.25, 0.3) is 0 Å². The number of rotatable bonds is 19. The summed E-state index contributed by atoms with van der Waals surface area (Å²) in [5.74, 6) is 13.8. The average molecular weight is 1420 g/mol. The molecule has 0 nitrogen and oxygen atoms in total. The predicted molar refractivity (Wildman–Crippen MR) is 477 cm³/mol. The first-order valence-corrected chi connectivity index (χ1v) is 40.9. The van der Waals surface area contributed by atoms with Gasteiger partial charge < -0.3 is 0 Å². The zero-order valence-corrected chi connectivity index (χ0v) is 71.1. The minimum atomic E-state index is 0. The lowest BCUT2D eigenvalue weighted by Gasteiger charge is -2.50. The molecule has 0 spiro atoms. The molecule has 0 N–H and O–H groups in total. The Bertz CT molecular complexity index is 2850. The monoisotopic (exact) mass is 1420 g/mol. The van der Waals surface area contributed by atoms with E-state index in [0.29, 0.717) is 52.3 Å². The molecule has 2 unspecified atom stereocenters. The van der Waals surface area contributed by atoms with Crippen LogP contribution in [0.25, 0.3) is 0 Å². The van der Waals surface area contributed by atoms with E-state index in [1.54, 1.807) is 6.42 Å². The SMILES string of the molecule is C.C.C.C.C.CC(C)C1CC(C)(C)CC(C)(C(C)C)C1.CC(C)C1CCC(CC2CCC(C(C)C)CC2)CC1.CC(C)CC(C)(C)c1cccc(C(C)(C)C(C)C)c1.CC(C)c1ccc(Cc2ccc(C(C)C)cc2)cc1.Cc1c(C(C)C)cccc1C(C)C.Cc1ccc(C(C)C)cc1C(C)C. The molecule has 3 aliphatic carbocycles. The Kier molecular flexibility index (Phi) is 47.9. The molecule has 0 heterocycles. The number of aryl methyl sites for hydroxylation is 1. The van der Waals surface area contributed by atoms with Crippen LogP contribution in [0.1, 0.15) is 438 Å². The van der Waals surface area contributed by atoms with E-state index >= 15 is 0 Å². The summed E-state index contributed by atoms with van der Waals surface area (Å²) < 4.78 is 0. The van der Waals surface area contributed by atoms with E-state index in [2.05, 4.69) is 338 Å². The molecule has 0 bridgehead atoms. The molecule has 0 saturated heterocycles. The maximum absolute atomic E-state index is 2.51. The first-order chi connectivity index (χ1) is 45.4. The molecular weight excluding hydrogens is 1240 g/mol. The highest BCUT2D eigenvalue weighted by Crippen LogP contribution is 2.54. The standard InChI is InChI=1S/C19H36.C19H24.C19H32.C15H30.2C13H20.5CH4/c2*1-14(2)18-9-5-16(6-10-18)13-17-7-11-19(12-8-17)15(3)4;1-14(2)13-18(5,6)16-10-9-11-17(12-16)19(7,8)15(3)4;1-11(2)13-8-14(5,6)10-15(7,9-13)12(3)4;1-9(2)12-7-6-11(5)13(8-12)10(3)4;1-9(2)12-7-6-8-13(10(3)4)11(12)5;;;;;/h14-19H,5-13H2,1-4H3;5-12,14-15H,13H2,1-4H3;9-12,14-15H,13H2,1-8H3;11-13H,8-10H2,1-7H3;2*6-10H,1-5H3;5*1H4. The Morgan fingerprint density at radius 2 is 0.757 bits per heavy atom. The van der Waals surface area contributed by atoms with E-state index in [1.807, 2.05) is 0 Å². The van der Waals surface area contributed by atoms with Crippen molar-refractivity contribution in [2.24, 2.45) is 75.9 Å². The van der Waals surface area contributed by atoms with Gasteiger partial charge in [-0.2, -0.15) is 0 Å². The number of hydrogen-bond acceptors (Lipinski definition) is 0. The zero-order valence-electron chi connectivity index (χ0n) is 71.1. The van der Waals surface area contributed by atoms with Crippen LogP contribution >= 0.6 is 0 Å². The van der Waals surface area contributed by atoms with Gasteiger partial charge in [-0.15, -0.1) is 0 Å². The smallest absolute Gasteiger partial charge is 0.00258 e. The van der Waals surface area contributed by atoms with E-state index < -0.39 is 0 Å². The second-order valence-corrected chi connectivity index (χ2v) is 38.6. The summed E-state index contributed by atoms with van der Waals surface area (Å²) in [4.78, 5) is 0. The van der Waals surface area contributed by atoms with Gasteiger partial charge in [-0.25, -0.2) is 0 Å². The molecule has 103 heavy (non-hydrogen) atoms. The van der Waals surface area contributed by atoms with Crippen LogP contribution < -0.4 is 0 Å². The first kappa shape index (κ1) is 103. The van der Waals surface area contributed by atoms with Crippen LogP contribution in [0.4, 0.5) is 0 Å². The van der Waals surface area contributed by atoms with Crippen molar-refractivity contribution in [1.82, 2.24) is 0 Å². The molecule has 5 aromatic carbocycles. The molecule has 0 radical (unpaired) electrons. The highest BCUT2D eigenvalue weighted by atomic mass is 14.5. The molecule has 3 fully saturated rings. The summed E-state index contributed by atoms with van der Waals surface area (Å²) in [5.41, 5.74) is 19.0. The largest absolute Gasteiger partial charge is 0.0776 e. The van der Waals surface area contributed by atoms with Gasteiger partial charge in [0, 0.05) is 0 Å². The van der Waals surface area contributed by atoms with Crippen LogP contribution in [-0.2, 0) is 17.3 Å². The molecular formula is C103H182. The Hall–Kier alpha value is -3.90. The van der Waals surface area contributed by atoms with Gasteiger partial charge in [-0.1, -0.05) is 387 Å². The first-order valence-electron chi connectivity index (χ1n) is 40.9. The van der Waals surface area contributed by atoms with Gasteiger partial charge in [0.15, 0.2) is 0 Å². The summed E-state index contributed by atoms with van der Waals surface area (Å²) in [6.45, 7) is 76.8. The van der Waals surface area contributed by atoms with E-state index in [4.69, 9.17) is 0 Å². The minimum absolute atomic E-state index is 0. The Morgan fingerprint density at radius 3 is 1.10 bits per heavy atom. The number of hydrogen-bond donors (Lipinski definition) is 0. The minimum Gasteiger partial charge on any atom is -0.0776 e. The van der Waals surface area contributed by atoms with Gasteiger partial charge in [0.05, 0.1) is 0 Å². The van der Waals surface area contributed by atoms with Crippen molar-refractivity contribution >= 4 is 0 Å². The molecule has 0 amide bonds. The lowest BCUT2D eigenvalue weighted by molar-refractivity contribution is 0.00398. The Balaban J connectivity index is -0.00000116. The van der Waals surface area contributed by atoms with E-state index in [1.165, 1.54) is 144 Å². The third-order valence-electron chi connectivity index (χ3n) is 24.8. The van der Waals surface area contributed by atoms with E-state index in [9.17, 15) is 0 Å². The molecule has 8 rings (SSSR count). The van der Waals surface area contributed by atoms with Crippen LogP contribution in [0.5, 0.6) is 0 Å². The summed E-state index contributed by atoms with van der Waals surface area (Å²) in [6, 6.07) is 40.8. The molecule has 5 aromatic rings. The van der Waals surface area contributed by atoms with Gasteiger partial charge in [0.1, 0.15) is 0 Å². The van der Waals surface area contributed by atoms with Crippen molar-refractivity contribution in [3.63, 3.8) is 0 Å². The lowest BCUT2D eigenvalue weighted by Crippen LogP contribution is -2.40. The molecule has 3 aliphatic rings. The van der Waals surface area contributed by atoms with Crippen molar-refractivity contribution in [2.75, 3.05) is 0 Å². The number of benzene rings is 5. The summed E-state index contributed by atoms with van der Waals surface area (Å²) in [6.07, 6.45) is 20.3. The van der Waals surface area contributed by atoms with Gasteiger partial charge in [0.2, 0.25) is 0 Å². The molecule has 3 saturated carbocycles. The third kappa shape index (κ3) is 34.5. The van der Waals surface area contributed by atoms with Crippen molar-refractivity contribution in [1.29, 1.82) is 0 Å². The maximum atomic E-state index is 2.51. The predicted octanol–water partition coefficient (Wildman–Crippen LogP) is 34.6. The van der Waals surface area contributed by atoms with Crippen LogP contribution in [0.3, 0.4) is 0 Å². The summed E-state index contributed by atoms with van der Waals surface area (Å²) in [7, 11) is 0. The quantitative estimate of drug-likeness (QED) is 0.0773. The van der Waals surface area contributed by atoms with E-state index in [-0.39, 0.29) is 48.0 Å². The Morgan fingerprint density at radius 1 is 0.388 bits per heavy atom. The third-order valence-corrected chi connectivity index (χ3v) is 24.8. The maximum Gasteiger partial charge on any atom is -0.00258 e. The second-order valence-electron chi connectivity index (χ2n) is 38.6. The summed E-state index contributed by atoms with van der Waals surface area (Å²) in [5, 5.41) is 0. The topological polar surface area (TPSA) is 0 Å². The van der Waals surface area contributed by atoms with Gasteiger partial charge >= 0.3 is 0 Å². The van der Waals surface area contributed by atoms with Crippen LogP contribution in [0.15, 0.2) is 109 Å². The fourth-order valence-corrected chi connectivity index (χ4v) is 16.8. The van der Waals surface area contributed by atoms with Crippen molar-refractivity contribution in [3.8, 4) is 0 Å². The molecule has 0 heteroatoms. The molecule has 594 valence electrons. The van der Waals surface area contributed by atoms with Crippen molar-refractivity contribution < 1.29 is 0 Å². The average Bonchev–Trinajstić information content (AvgIpc) is 0.793. The van der Waals surface area contributed by atoms with E-state index in [0.717, 1.165) is 65.6 Å². The fourth-order valence-electron chi connectivity index (χ4n) is 16.8. The van der Waals surface area contributed by atoms with Crippen molar-refractivity contribution in [2.45, 2.75) is 402 Å². The van der Waals surface area contributed by atoms with Gasteiger partial charge in [-0.05, 0) is 267 Å².